The number of hydrogen-bond acceptors (Lipinski definition) is 1. The maximum Gasteiger partial charge on any atom is 0.565 e. The molecule has 1 atom stereocenters. The highest BCUT2D eigenvalue weighted by atomic mass is 28.3. The maximum absolute atomic E-state index is 14.0. The Labute approximate surface area is 172 Å². The van der Waals surface area contributed by atoms with E-state index in [9.17, 15) is 4.46 Å². The Bertz CT molecular complexity index is 904. The van der Waals surface area contributed by atoms with Crippen molar-refractivity contribution in [3.63, 3.8) is 0 Å². The van der Waals surface area contributed by atoms with E-state index in [1.807, 2.05) is 0 Å². The molecule has 1 aliphatic carbocycles. The van der Waals surface area contributed by atoms with Crippen molar-refractivity contribution in [2.45, 2.75) is 57.5 Å². The first-order chi connectivity index (χ1) is 12.9. The quantitative estimate of drug-likeness (QED) is 0.582. The SMILES string of the molecule is CC(C)(CC1=Cc2ccccc2C1[Si](=O)[N+](C)(C)C(C)(C)C)c1ccccc1. The average Bonchev–Trinajstić information content (AvgIpc) is 2.97. The first-order valence-corrected chi connectivity index (χ1v) is 11.6. The van der Waals surface area contributed by atoms with Crippen LogP contribution in [0.4, 0.5) is 0 Å². The van der Waals surface area contributed by atoms with E-state index >= 15 is 0 Å². The van der Waals surface area contributed by atoms with Gasteiger partial charge in [0.1, 0.15) is 5.54 Å². The van der Waals surface area contributed by atoms with Crippen LogP contribution in [0.5, 0.6) is 0 Å². The highest BCUT2D eigenvalue weighted by molar-refractivity contribution is 6.38. The van der Waals surface area contributed by atoms with Crippen molar-refractivity contribution in [2.75, 3.05) is 14.1 Å². The molecule has 0 amide bonds. The van der Waals surface area contributed by atoms with Crippen molar-refractivity contribution in [3.05, 3.63) is 76.9 Å². The van der Waals surface area contributed by atoms with Gasteiger partial charge in [-0.25, -0.2) is 0 Å². The summed E-state index contributed by atoms with van der Waals surface area (Å²) < 4.78 is 14.6. The Hall–Kier alpha value is -1.84. The molecule has 2 aromatic carbocycles. The van der Waals surface area contributed by atoms with E-state index in [2.05, 4.69) is 109 Å². The lowest BCUT2D eigenvalue weighted by Gasteiger charge is -2.42. The molecule has 0 saturated carbocycles. The molecule has 0 heterocycles. The minimum Gasteiger partial charge on any atom is -0.328 e. The zero-order valence-corrected chi connectivity index (χ0v) is 19.4. The summed E-state index contributed by atoms with van der Waals surface area (Å²) in [5.74, 6) is 0. The van der Waals surface area contributed by atoms with Gasteiger partial charge in [0.2, 0.25) is 0 Å². The Morgan fingerprint density at radius 1 is 0.893 bits per heavy atom. The van der Waals surface area contributed by atoms with Gasteiger partial charge in [0.05, 0.1) is 19.6 Å². The first kappa shape index (κ1) is 20.9. The molecule has 0 bridgehead atoms. The Balaban J connectivity index is 2.02. The van der Waals surface area contributed by atoms with Crippen molar-refractivity contribution >= 4 is 14.9 Å². The largest absolute Gasteiger partial charge is 0.565 e. The summed E-state index contributed by atoms with van der Waals surface area (Å²) >= 11 is 0. The van der Waals surface area contributed by atoms with Crippen molar-refractivity contribution in [3.8, 4) is 0 Å². The van der Waals surface area contributed by atoms with Crippen molar-refractivity contribution in [1.82, 2.24) is 0 Å². The molecule has 3 heteroatoms. The Kier molecular flexibility index (Phi) is 5.37. The number of allylic oxidation sites excluding steroid dienone is 1. The standard InChI is InChI=1S/C25H34NOSi/c1-24(2,3)26(6,7)28(27)23-20(17-19-13-11-12-16-22(19)23)18-25(4,5)21-14-9-8-10-15-21/h8-17,23H,18H2,1-7H3/q+1. The number of fused-ring (bicyclic) bond motifs is 1. The minimum absolute atomic E-state index is 0.00555. The fourth-order valence-electron chi connectivity index (χ4n) is 3.99. The lowest BCUT2D eigenvalue weighted by atomic mass is 9.78. The average molecular weight is 393 g/mol. The first-order valence-electron chi connectivity index (χ1n) is 10.2. The van der Waals surface area contributed by atoms with Crippen LogP contribution in [0.3, 0.4) is 0 Å². The fourth-order valence-corrected chi connectivity index (χ4v) is 6.33. The second kappa shape index (κ2) is 7.20. The van der Waals surface area contributed by atoms with Gasteiger partial charge in [-0.3, -0.25) is 0 Å². The zero-order chi connectivity index (χ0) is 20.7. The molecule has 28 heavy (non-hydrogen) atoms. The summed E-state index contributed by atoms with van der Waals surface area (Å²) in [6.07, 6.45) is 3.22. The molecule has 0 spiro atoms. The monoisotopic (exact) mass is 392 g/mol. The van der Waals surface area contributed by atoms with Gasteiger partial charge in [-0.1, -0.05) is 80.1 Å². The molecular formula is C25H34NOSi+. The summed E-state index contributed by atoms with van der Waals surface area (Å²) in [7, 11) is 2.26. The topological polar surface area (TPSA) is 17.1 Å². The number of rotatable bonds is 5. The van der Waals surface area contributed by atoms with Crippen molar-refractivity contribution in [2.24, 2.45) is 0 Å². The van der Waals surface area contributed by atoms with Gasteiger partial charge in [-0.2, -0.15) is 0 Å². The molecule has 1 unspecified atom stereocenters. The summed E-state index contributed by atoms with van der Waals surface area (Å²) in [6.45, 7) is 11.2. The van der Waals surface area contributed by atoms with Gasteiger partial charge in [0.25, 0.3) is 0 Å². The molecule has 0 radical (unpaired) electrons. The van der Waals surface area contributed by atoms with Gasteiger partial charge in [0, 0.05) is 0 Å². The molecule has 0 fully saturated rings. The van der Waals surface area contributed by atoms with Crippen molar-refractivity contribution in [1.29, 1.82) is 0 Å². The van der Waals surface area contributed by atoms with Crippen LogP contribution in [0.2, 0.25) is 0 Å². The summed E-state index contributed by atoms with van der Waals surface area (Å²) in [5.41, 5.74) is 5.05. The molecule has 148 valence electrons. The zero-order valence-electron chi connectivity index (χ0n) is 18.4. The number of nitrogens with zero attached hydrogens (tertiary/aromatic N) is 1. The molecule has 0 N–H and O–H groups in total. The molecule has 2 nitrogen and oxygen atoms in total. The van der Waals surface area contributed by atoms with E-state index in [-0.39, 0.29) is 16.5 Å². The molecule has 1 aliphatic rings. The van der Waals surface area contributed by atoms with E-state index in [0.29, 0.717) is 4.15 Å². The van der Waals surface area contributed by atoms with Crippen LogP contribution < -0.4 is 0 Å². The van der Waals surface area contributed by atoms with Gasteiger partial charge >= 0.3 is 8.84 Å². The molecule has 2 aromatic rings. The van der Waals surface area contributed by atoms with E-state index in [0.717, 1.165) is 6.42 Å². The van der Waals surface area contributed by atoms with Gasteiger partial charge in [-0.05, 0) is 49.3 Å². The number of hydrogen-bond donors (Lipinski definition) is 0. The van der Waals surface area contributed by atoms with Gasteiger partial charge in [0.15, 0.2) is 0 Å². The second-order valence-corrected chi connectivity index (χ2v) is 12.5. The van der Waals surface area contributed by atoms with Crippen LogP contribution >= 0.6 is 0 Å². The molecule has 0 aromatic heterocycles. The van der Waals surface area contributed by atoms with Crippen LogP contribution in [0.1, 0.15) is 63.3 Å². The van der Waals surface area contributed by atoms with Gasteiger partial charge < -0.3 is 8.61 Å². The molecule has 0 saturated heterocycles. The number of quaternary nitrogens is 1. The van der Waals surface area contributed by atoms with Crippen LogP contribution in [-0.2, 0) is 9.88 Å². The van der Waals surface area contributed by atoms with Crippen LogP contribution in [0.25, 0.3) is 6.08 Å². The molecular weight excluding hydrogens is 358 g/mol. The molecule has 0 aliphatic heterocycles. The summed E-state index contributed by atoms with van der Waals surface area (Å²) in [6, 6.07) is 19.2. The highest BCUT2D eigenvalue weighted by Gasteiger charge is 2.50. The third-order valence-electron chi connectivity index (χ3n) is 6.70. The molecule has 3 rings (SSSR count). The second-order valence-electron chi connectivity index (χ2n) is 10.2. The summed E-state index contributed by atoms with van der Waals surface area (Å²) in [4.78, 5) is 0. The highest BCUT2D eigenvalue weighted by Crippen LogP contribution is 2.44. The maximum atomic E-state index is 14.0. The minimum atomic E-state index is -1.99. The number of benzene rings is 2. The van der Waals surface area contributed by atoms with E-state index in [1.54, 1.807) is 0 Å². The van der Waals surface area contributed by atoms with Crippen molar-refractivity contribution < 1.29 is 8.61 Å². The van der Waals surface area contributed by atoms with Crippen LogP contribution in [0.15, 0.2) is 60.2 Å². The van der Waals surface area contributed by atoms with Gasteiger partial charge in [-0.15, -0.1) is 0 Å². The van der Waals surface area contributed by atoms with E-state index in [4.69, 9.17) is 0 Å². The fraction of sp³-hybridized carbons (Fsp3) is 0.440. The Morgan fingerprint density at radius 2 is 1.46 bits per heavy atom. The normalized spacial score (nSPS) is 17.2. The van der Waals surface area contributed by atoms with E-state index in [1.165, 1.54) is 22.3 Å². The Morgan fingerprint density at radius 3 is 2.07 bits per heavy atom. The lowest BCUT2D eigenvalue weighted by Crippen LogP contribution is -2.61. The smallest absolute Gasteiger partial charge is 0.328 e. The summed E-state index contributed by atoms with van der Waals surface area (Å²) in [5, 5.41) is 0. The third-order valence-corrected chi connectivity index (χ3v) is 9.64. The van der Waals surface area contributed by atoms with E-state index < -0.39 is 8.84 Å². The third kappa shape index (κ3) is 3.70. The van der Waals surface area contributed by atoms with Crippen LogP contribution in [0, 0.1) is 0 Å². The predicted octanol–water partition coefficient (Wildman–Crippen LogP) is 5.87. The predicted molar refractivity (Wildman–Crippen MR) is 120 cm³/mol. The lowest BCUT2D eigenvalue weighted by molar-refractivity contribution is -0.838. The van der Waals surface area contributed by atoms with Crippen LogP contribution in [-0.4, -0.2) is 32.6 Å².